The van der Waals surface area contributed by atoms with Gasteiger partial charge in [0.05, 0.1) is 13.2 Å². The average Bonchev–Trinajstić information content (AvgIpc) is 2.15. The molecule has 3 heteroatoms. The zero-order chi connectivity index (χ0) is 8.81. The maximum absolute atomic E-state index is 10.2. The minimum absolute atomic E-state index is 0.487. The van der Waals surface area contributed by atoms with Gasteiger partial charge in [-0.05, 0) is 6.42 Å². The third-order valence-corrected chi connectivity index (χ3v) is 2.07. The Labute approximate surface area is 73.0 Å². The van der Waals surface area contributed by atoms with Crippen LogP contribution in [0.2, 0.25) is 0 Å². The summed E-state index contributed by atoms with van der Waals surface area (Å²) in [5.41, 5.74) is 0. The van der Waals surface area contributed by atoms with Gasteiger partial charge in [-0.25, -0.2) is 0 Å². The van der Waals surface area contributed by atoms with Crippen LogP contribution in [0.5, 0.6) is 0 Å². The van der Waals surface area contributed by atoms with E-state index in [4.69, 9.17) is 9.47 Å². The van der Waals surface area contributed by atoms with Crippen LogP contribution in [0, 0.1) is 5.92 Å². The molecular formula is C9H16O3. The average molecular weight is 172 g/mol. The van der Waals surface area contributed by atoms with Crippen molar-refractivity contribution in [2.75, 3.05) is 13.2 Å². The van der Waals surface area contributed by atoms with Crippen LogP contribution in [0.15, 0.2) is 0 Å². The molecule has 1 aliphatic rings. The maximum atomic E-state index is 10.2. The third-order valence-electron chi connectivity index (χ3n) is 2.07. The molecule has 0 radical (unpaired) electrons. The van der Waals surface area contributed by atoms with Gasteiger partial charge in [-0.2, -0.15) is 0 Å². The Kier molecular flexibility index (Phi) is 4.25. The lowest BCUT2D eigenvalue weighted by Gasteiger charge is -2.26. The van der Waals surface area contributed by atoms with Gasteiger partial charge in [0.1, 0.15) is 0 Å². The number of carbonyl (C=O) groups excluding carboxylic acids is 1. The van der Waals surface area contributed by atoms with Crippen molar-refractivity contribution < 1.29 is 14.3 Å². The largest absolute Gasteiger partial charge is 0.346 e. The molecule has 1 aliphatic heterocycles. The first kappa shape index (κ1) is 9.68. The van der Waals surface area contributed by atoms with Crippen molar-refractivity contribution in [2.24, 2.45) is 5.92 Å². The van der Waals surface area contributed by atoms with Gasteiger partial charge >= 0.3 is 0 Å². The van der Waals surface area contributed by atoms with Crippen LogP contribution < -0.4 is 0 Å². The quantitative estimate of drug-likeness (QED) is 0.601. The van der Waals surface area contributed by atoms with E-state index in [-0.39, 0.29) is 0 Å². The van der Waals surface area contributed by atoms with Crippen LogP contribution in [0.25, 0.3) is 0 Å². The van der Waals surface area contributed by atoms with Crippen molar-refractivity contribution in [1.29, 1.82) is 0 Å². The summed E-state index contributed by atoms with van der Waals surface area (Å²) in [7, 11) is 0. The molecule has 0 aromatic rings. The van der Waals surface area contributed by atoms with Crippen LogP contribution in [0.1, 0.15) is 26.2 Å². The fourth-order valence-corrected chi connectivity index (χ4v) is 1.30. The second-order valence-corrected chi connectivity index (χ2v) is 3.18. The highest BCUT2D eigenvalue weighted by atomic mass is 16.7. The van der Waals surface area contributed by atoms with Crippen molar-refractivity contribution in [3.63, 3.8) is 0 Å². The number of hydrogen-bond donors (Lipinski definition) is 0. The fraction of sp³-hybridized carbons (Fsp3) is 0.889. The maximum Gasteiger partial charge on any atom is 0.214 e. The second kappa shape index (κ2) is 5.27. The highest BCUT2D eigenvalue weighted by Crippen LogP contribution is 2.15. The molecule has 0 atom stereocenters. The van der Waals surface area contributed by atoms with Gasteiger partial charge in [0.2, 0.25) is 6.29 Å². The van der Waals surface area contributed by atoms with E-state index < -0.39 is 6.29 Å². The van der Waals surface area contributed by atoms with Crippen molar-refractivity contribution in [2.45, 2.75) is 32.5 Å². The Hall–Kier alpha value is -0.410. The van der Waals surface area contributed by atoms with Gasteiger partial charge in [-0.15, -0.1) is 0 Å². The summed E-state index contributed by atoms with van der Waals surface area (Å²) in [6, 6.07) is 0. The molecule has 1 fully saturated rings. The van der Waals surface area contributed by atoms with E-state index in [0.29, 0.717) is 25.4 Å². The minimum atomic E-state index is -0.608. The van der Waals surface area contributed by atoms with E-state index in [9.17, 15) is 4.79 Å². The van der Waals surface area contributed by atoms with E-state index in [1.54, 1.807) is 0 Å². The summed E-state index contributed by atoms with van der Waals surface area (Å²) < 4.78 is 10.3. The molecule has 0 aromatic carbocycles. The van der Waals surface area contributed by atoms with Gasteiger partial charge in [-0.3, -0.25) is 4.79 Å². The smallest absolute Gasteiger partial charge is 0.214 e. The van der Waals surface area contributed by atoms with Crippen molar-refractivity contribution in [3.8, 4) is 0 Å². The molecule has 0 aliphatic carbocycles. The first-order valence-electron chi connectivity index (χ1n) is 4.55. The Morgan fingerprint density at radius 1 is 1.42 bits per heavy atom. The zero-order valence-corrected chi connectivity index (χ0v) is 7.49. The van der Waals surface area contributed by atoms with Crippen LogP contribution in [-0.2, 0) is 14.3 Å². The molecule has 1 saturated heterocycles. The number of aldehydes is 1. The van der Waals surface area contributed by atoms with E-state index >= 15 is 0 Å². The normalized spacial score (nSPS) is 30.1. The molecule has 0 amide bonds. The summed E-state index contributed by atoms with van der Waals surface area (Å²) in [5, 5.41) is 0. The Morgan fingerprint density at radius 2 is 2.08 bits per heavy atom. The summed E-state index contributed by atoms with van der Waals surface area (Å²) in [5.74, 6) is 0.487. The van der Waals surface area contributed by atoms with E-state index in [0.717, 1.165) is 6.42 Å². The van der Waals surface area contributed by atoms with Crippen LogP contribution in [0.3, 0.4) is 0 Å². The molecule has 12 heavy (non-hydrogen) atoms. The first-order chi connectivity index (χ1) is 5.86. The SMILES string of the molecule is CCCCC1COC(C=O)OC1. The van der Waals surface area contributed by atoms with Crippen LogP contribution in [0.4, 0.5) is 0 Å². The van der Waals surface area contributed by atoms with E-state index in [1.165, 1.54) is 12.8 Å². The molecule has 0 bridgehead atoms. The molecule has 70 valence electrons. The zero-order valence-electron chi connectivity index (χ0n) is 7.49. The summed E-state index contributed by atoms with van der Waals surface area (Å²) in [4.78, 5) is 10.2. The van der Waals surface area contributed by atoms with Gasteiger partial charge < -0.3 is 9.47 Å². The lowest BCUT2D eigenvalue weighted by atomic mass is 10.0. The predicted octanol–water partition coefficient (Wildman–Crippen LogP) is 1.36. The molecule has 0 aromatic heterocycles. The first-order valence-corrected chi connectivity index (χ1v) is 4.55. The molecule has 3 nitrogen and oxygen atoms in total. The molecule has 0 unspecified atom stereocenters. The molecule has 0 saturated carbocycles. The number of unbranched alkanes of at least 4 members (excludes halogenated alkanes) is 1. The molecule has 1 heterocycles. The fourth-order valence-electron chi connectivity index (χ4n) is 1.30. The highest BCUT2D eigenvalue weighted by molar-refractivity contribution is 5.53. The molecule has 0 spiro atoms. The lowest BCUT2D eigenvalue weighted by molar-refractivity contribution is -0.193. The van der Waals surface area contributed by atoms with Gasteiger partial charge in [-0.1, -0.05) is 19.8 Å². The summed E-state index contributed by atoms with van der Waals surface area (Å²) in [6.45, 7) is 3.51. The molecule has 1 rings (SSSR count). The lowest BCUT2D eigenvalue weighted by Crippen LogP contribution is -2.32. The Morgan fingerprint density at radius 3 is 2.58 bits per heavy atom. The summed E-state index contributed by atoms with van der Waals surface area (Å²) >= 11 is 0. The number of carbonyl (C=O) groups is 1. The van der Waals surface area contributed by atoms with Crippen molar-refractivity contribution >= 4 is 6.29 Å². The van der Waals surface area contributed by atoms with E-state index in [2.05, 4.69) is 6.92 Å². The predicted molar refractivity (Wildman–Crippen MR) is 44.8 cm³/mol. The van der Waals surface area contributed by atoms with Gasteiger partial charge in [0, 0.05) is 5.92 Å². The molecule has 0 N–H and O–H groups in total. The van der Waals surface area contributed by atoms with Gasteiger partial charge in [0.15, 0.2) is 6.29 Å². The Balaban J connectivity index is 2.12. The second-order valence-electron chi connectivity index (χ2n) is 3.18. The van der Waals surface area contributed by atoms with Crippen molar-refractivity contribution in [3.05, 3.63) is 0 Å². The molecular weight excluding hydrogens is 156 g/mol. The third kappa shape index (κ3) is 2.91. The standard InChI is InChI=1S/C9H16O3/c1-2-3-4-8-6-11-9(5-10)12-7-8/h5,8-9H,2-4,6-7H2,1H3. The monoisotopic (exact) mass is 172 g/mol. The highest BCUT2D eigenvalue weighted by Gasteiger charge is 2.20. The van der Waals surface area contributed by atoms with Crippen LogP contribution >= 0.6 is 0 Å². The minimum Gasteiger partial charge on any atom is -0.346 e. The summed E-state index contributed by atoms with van der Waals surface area (Å²) in [6.07, 6.45) is 3.65. The van der Waals surface area contributed by atoms with Crippen LogP contribution in [-0.4, -0.2) is 25.8 Å². The number of ether oxygens (including phenoxy) is 2. The number of hydrogen-bond acceptors (Lipinski definition) is 3. The topological polar surface area (TPSA) is 35.5 Å². The van der Waals surface area contributed by atoms with Gasteiger partial charge in [0.25, 0.3) is 0 Å². The van der Waals surface area contributed by atoms with E-state index in [1.807, 2.05) is 0 Å². The number of rotatable bonds is 4. The van der Waals surface area contributed by atoms with Crippen molar-refractivity contribution in [1.82, 2.24) is 0 Å². The Bertz CT molecular complexity index is 128.